The molecule has 1 unspecified atom stereocenters. The highest BCUT2D eigenvalue weighted by atomic mass is 16.6. The minimum atomic E-state index is -0.434. The molecule has 0 radical (unpaired) electrons. The molecule has 2 rings (SSSR count). The van der Waals surface area contributed by atoms with E-state index in [1.165, 1.54) is 19.3 Å². The summed E-state index contributed by atoms with van der Waals surface area (Å²) in [5.74, 6) is 1.80. The molecule has 6 nitrogen and oxygen atoms in total. The molecule has 1 aliphatic heterocycles. The highest BCUT2D eigenvalue weighted by molar-refractivity contribution is 5.77. The maximum Gasteiger partial charge on any atom is 0.410 e. The van der Waals surface area contributed by atoms with Gasteiger partial charge in [-0.1, -0.05) is 6.42 Å². The lowest BCUT2D eigenvalue weighted by Gasteiger charge is -2.34. The van der Waals surface area contributed by atoms with Crippen molar-refractivity contribution in [1.82, 2.24) is 10.2 Å². The van der Waals surface area contributed by atoms with Crippen LogP contribution in [0.4, 0.5) is 4.79 Å². The first-order valence-corrected chi connectivity index (χ1v) is 9.35. The van der Waals surface area contributed by atoms with Crippen molar-refractivity contribution in [3.05, 3.63) is 0 Å². The molecule has 0 aromatic heterocycles. The van der Waals surface area contributed by atoms with Crippen LogP contribution in [-0.2, 0) is 4.74 Å². The quantitative estimate of drug-likeness (QED) is 0.597. The summed E-state index contributed by atoms with van der Waals surface area (Å²) in [5.41, 5.74) is 5.48. The number of nitrogens with zero attached hydrogens (tertiary/aromatic N) is 2. The van der Waals surface area contributed by atoms with E-state index in [0.717, 1.165) is 51.4 Å². The Labute approximate surface area is 146 Å². The van der Waals surface area contributed by atoms with Gasteiger partial charge in [-0.2, -0.15) is 0 Å². The number of ether oxygens (including phenoxy) is 1. The number of amides is 1. The summed E-state index contributed by atoms with van der Waals surface area (Å²) in [7, 11) is 0. The van der Waals surface area contributed by atoms with Crippen LogP contribution in [0.2, 0.25) is 0 Å². The van der Waals surface area contributed by atoms with Gasteiger partial charge in [0.15, 0.2) is 5.96 Å². The Bertz CT molecular complexity index is 441. The third-order valence-corrected chi connectivity index (χ3v) is 4.77. The standard InChI is InChI=1S/C18H34N4O2/c1-18(2,3)24-17(23)22-11-5-8-15(13-22)9-10-20-16(19)21-12-14-6-4-7-14/h14-15H,4-13H2,1-3H3,(H3,19,20,21). The predicted octanol–water partition coefficient (Wildman–Crippen LogP) is 2.73. The second-order valence-electron chi connectivity index (χ2n) is 8.17. The van der Waals surface area contributed by atoms with Crippen molar-refractivity contribution in [3.8, 4) is 0 Å². The zero-order valence-corrected chi connectivity index (χ0v) is 15.5. The molecule has 6 heteroatoms. The number of piperidine rings is 1. The van der Waals surface area contributed by atoms with Gasteiger partial charge in [0.25, 0.3) is 0 Å². The number of carbonyl (C=O) groups is 1. The predicted molar refractivity (Wildman–Crippen MR) is 97.0 cm³/mol. The fourth-order valence-electron chi connectivity index (χ4n) is 3.16. The minimum absolute atomic E-state index is 0.193. The van der Waals surface area contributed by atoms with E-state index in [0.29, 0.717) is 11.9 Å². The van der Waals surface area contributed by atoms with Crippen LogP contribution in [0.3, 0.4) is 0 Å². The van der Waals surface area contributed by atoms with Crippen LogP contribution in [-0.4, -0.2) is 48.7 Å². The number of nitrogens with two attached hydrogens (primary N) is 1. The molecule has 0 spiro atoms. The first kappa shape index (κ1) is 18.9. The molecule has 0 bridgehead atoms. The van der Waals surface area contributed by atoms with Crippen LogP contribution in [0, 0.1) is 11.8 Å². The maximum atomic E-state index is 12.2. The van der Waals surface area contributed by atoms with Gasteiger partial charge < -0.3 is 20.7 Å². The molecule has 1 heterocycles. The second kappa shape index (κ2) is 8.58. The maximum absolute atomic E-state index is 12.2. The topological polar surface area (TPSA) is 80.0 Å². The molecule has 2 fully saturated rings. The average Bonchev–Trinajstić information content (AvgIpc) is 2.44. The molecule has 1 amide bonds. The molecular formula is C18H34N4O2. The van der Waals surface area contributed by atoms with Crippen molar-refractivity contribution in [2.24, 2.45) is 22.6 Å². The lowest BCUT2D eigenvalue weighted by Crippen LogP contribution is -2.43. The van der Waals surface area contributed by atoms with Gasteiger partial charge in [0, 0.05) is 26.2 Å². The number of likely N-dealkylation sites (tertiary alicyclic amines) is 1. The summed E-state index contributed by atoms with van der Waals surface area (Å²) in [5, 5.41) is 3.21. The summed E-state index contributed by atoms with van der Waals surface area (Å²) in [6.45, 7) is 8.95. The van der Waals surface area contributed by atoms with E-state index in [-0.39, 0.29) is 6.09 Å². The van der Waals surface area contributed by atoms with Gasteiger partial charge in [-0.25, -0.2) is 4.79 Å². The van der Waals surface area contributed by atoms with Crippen LogP contribution < -0.4 is 11.1 Å². The Kier molecular flexibility index (Phi) is 6.75. The van der Waals surface area contributed by atoms with Crippen molar-refractivity contribution < 1.29 is 9.53 Å². The summed E-state index contributed by atoms with van der Waals surface area (Å²) in [6.07, 6.45) is 6.91. The molecule has 3 N–H and O–H groups in total. The lowest BCUT2D eigenvalue weighted by atomic mass is 9.86. The van der Waals surface area contributed by atoms with Crippen molar-refractivity contribution >= 4 is 12.1 Å². The van der Waals surface area contributed by atoms with Gasteiger partial charge in [-0.3, -0.25) is 4.99 Å². The van der Waals surface area contributed by atoms with Gasteiger partial charge >= 0.3 is 6.09 Å². The molecule has 1 saturated carbocycles. The fraction of sp³-hybridized carbons (Fsp3) is 0.889. The lowest BCUT2D eigenvalue weighted by molar-refractivity contribution is 0.0162. The van der Waals surface area contributed by atoms with E-state index in [1.54, 1.807) is 0 Å². The molecule has 138 valence electrons. The third-order valence-electron chi connectivity index (χ3n) is 4.77. The van der Waals surface area contributed by atoms with Crippen molar-refractivity contribution in [2.75, 3.05) is 26.2 Å². The van der Waals surface area contributed by atoms with Gasteiger partial charge in [0.2, 0.25) is 0 Å². The van der Waals surface area contributed by atoms with Crippen LogP contribution in [0.25, 0.3) is 0 Å². The number of carbonyl (C=O) groups excluding carboxylic acids is 1. The largest absolute Gasteiger partial charge is 0.444 e. The van der Waals surface area contributed by atoms with E-state index < -0.39 is 5.60 Å². The molecule has 0 aromatic carbocycles. The smallest absolute Gasteiger partial charge is 0.410 e. The number of aliphatic imine (C=N–C) groups is 1. The highest BCUT2D eigenvalue weighted by Gasteiger charge is 2.27. The van der Waals surface area contributed by atoms with Crippen LogP contribution in [0.1, 0.15) is 59.3 Å². The molecule has 1 aliphatic carbocycles. The van der Waals surface area contributed by atoms with E-state index in [9.17, 15) is 4.79 Å². The first-order valence-electron chi connectivity index (χ1n) is 9.35. The Balaban J connectivity index is 1.66. The number of guanidine groups is 1. The zero-order valence-electron chi connectivity index (χ0n) is 15.5. The Morgan fingerprint density at radius 1 is 1.25 bits per heavy atom. The first-order chi connectivity index (χ1) is 11.3. The Morgan fingerprint density at radius 3 is 2.58 bits per heavy atom. The molecule has 24 heavy (non-hydrogen) atoms. The monoisotopic (exact) mass is 338 g/mol. The van der Waals surface area contributed by atoms with Crippen LogP contribution >= 0.6 is 0 Å². The summed E-state index contributed by atoms with van der Waals surface area (Å²) in [4.78, 5) is 18.4. The summed E-state index contributed by atoms with van der Waals surface area (Å²) >= 11 is 0. The van der Waals surface area contributed by atoms with E-state index >= 15 is 0 Å². The normalized spacial score (nSPS) is 22.9. The van der Waals surface area contributed by atoms with Crippen molar-refractivity contribution in [3.63, 3.8) is 0 Å². The van der Waals surface area contributed by atoms with Crippen LogP contribution in [0.5, 0.6) is 0 Å². The molecule has 1 atom stereocenters. The molecule has 1 saturated heterocycles. The molecular weight excluding hydrogens is 304 g/mol. The third kappa shape index (κ3) is 6.57. The fourth-order valence-corrected chi connectivity index (χ4v) is 3.16. The van der Waals surface area contributed by atoms with E-state index in [4.69, 9.17) is 10.5 Å². The highest BCUT2D eigenvalue weighted by Crippen LogP contribution is 2.26. The summed E-state index contributed by atoms with van der Waals surface area (Å²) < 4.78 is 5.47. The zero-order chi connectivity index (χ0) is 17.6. The molecule has 2 aliphatic rings. The van der Waals surface area contributed by atoms with Gasteiger partial charge in [0.1, 0.15) is 5.60 Å². The van der Waals surface area contributed by atoms with Crippen molar-refractivity contribution in [2.45, 2.75) is 64.9 Å². The Hall–Kier alpha value is -1.46. The second-order valence-corrected chi connectivity index (χ2v) is 8.17. The van der Waals surface area contributed by atoms with Crippen molar-refractivity contribution in [1.29, 1.82) is 0 Å². The van der Waals surface area contributed by atoms with Crippen LogP contribution in [0.15, 0.2) is 4.99 Å². The Morgan fingerprint density at radius 2 is 1.96 bits per heavy atom. The molecule has 0 aromatic rings. The van der Waals surface area contributed by atoms with Gasteiger partial charge in [0.05, 0.1) is 0 Å². The average molecular weight is 338 g/mol. The van der Waals surface area contributed by atoms with E-state index in [2.05, 4.69) is 10.3 Å². The number of nitrogens with one attached hydrogen (secondary N) is 1. The SMILES string of the molecule is CC(C)(C)OC(=O)N1CCCC(CCNC(N)=NCC2CCC2)C1. The van der Waals surface area contributed by atoms with E-state index in [1.807, 2.05) is 25.7 Å². The minimum Gasteiger partial charge on any atom is -0.444 e. The number of rotatable bonds is 5. The van der Waals surface area contributed by atoms with Gasteiger partial charge in [-0.05, 0) is 64.7 Å². The number of hydrogen-bond donors (Lipinski definition) is 2. The van der Waals surface area contributed by atoms with Gasteiger partial charge in [-0.15, -0.1) is 0 Å². The number of hydrogen-bond acceptors (Lipinski definition) is 3. The summed E-state index contributed by atoms with van der Waals surface area (Å²) in [6, 6.07) is 0.